The van der Waals surface area contributed by atoms with Crippen molar-refractivity contribution in [2.45, 2.75) is 76.8 Å². The number of carbonyl (C=O) groups excluding carboxylic acids is 2. The van der Waals surface area contributed by atoms with Crippen molar-refractivity contribution in [3.05, 3.63) is 0 Å². The fourth-order valence-electron chi connectivity index (χ4n) is 8.11. The summed E-state index contributed by atoms with van der Waals surface area (Å²) in [6, 6.07) is 0. The number of fused-ring (bicyclic) bond motifs is 1. The zero-order valence-electron chi connectivity index (χ0n) is 15.8. The molecule has 7 fully saturated rings. The Morgan fingerprint density at radius 2 is 1.81 bits per heavy atom. The van der Waals surface area contributed by atoms with E-state index < -0.39 is 46.9 Å². The third kappa shape index (κ3) is 1.46. The van der Waals surface area contributed by atoms with E-state index in [0.717, 1.165) is 0 Å². The number of ketones is 1. The Morgan fingerprint density at radius 3 is 2.56 bits per heavy atom. The molecule has 0 aromatic heterocycles. The summed E-state index contributed by atoms with van der Waals surface area (Å²) >= 11 is 0. The second kappa shape index (κ2) is 4.42. The van der Waals surface area contributed by atoms with Gasteiger partial charge in [-0.3, -0.25) is 9.59 Å². The van der Waals surface area contributed by atoms with Gasteiger partial charge < -0.3 is 24.4 Å². The van der Waals surface area contributed by atoms with Crippen molar-refractivity contribution in [3.8, 4) is 0 Å². The van der Waals surface area contributed by atoms with Gasteiger partial charge in [-0.2, -0.15) is 0 Å². The van der Waals surface area contributed by atoms with E-state index in [1.54, 1.807) is 0 Å². The number of aliphatic hydroxyl groups excluding tert-OH is 1. The Morgan fingerprint density at radius 1 is 1.07 bits per heavy atom. The van der Waals surface area contributed by atoms with Crippen LogP contribution >= 0.6 is 0 Å². The monoisotopic (exact) mass is 378 g/mol. The standard InChI is InChI=1S/C20H26O7/c1-17(2)10-6-11-20(12(17)13(21)27-16(20)26-10)9-5-4-8-7-19(9,15(23)25-11)14(22)18(8,3)24/h8-13,16,21,24H,4-7H2,1-3H3/t8-,9+,10-,11-,12+,13+,16?,18-,19-,20-/m0/s1. The number of rotatable bonds is 0. The van der Waals surface area contributed by atoms with Gasteiger partial charge in [-0.25, -0.2) is 0 Å². The lowest BCUT2D eigenvalue weighted by molar-refractivity contribution is -0.353. The summed E-state index contributed by atoms with van der Waals surface area (Å²) in [4.78, 5) is 26.6. The van der Waals surface area contributed by atoms with Crippen LogP contribution < -0.4 is 0 Å². The van der Waals surface area contributed by atoms with Crippen molar-refractivity contribution in [1.29, 1.82) is 0 Å². The molecule has 2 spiro atoms. The van der Waals surface area contributed by atoms with Crippen LogP contribution in [-0.4, -0.2) is 52.4 Å². The van der Waals surface area contributed by atoms with Crippen LogP contribution in [-0.2, 0) is 23.8 Å². The Kier molecular flexibility index (Phi) is 2.77. The Bertz CT molecular complexity index is 774. The van der Waals surface area contributed by atoms with Crippen LogP contribution in [0.5, 0.6) is 0 Å². The van der Waals surface area contributed by atoms with Gasteiger partial charge in [0.2, 0.25) is 0 Å². The van der Waals surface area contributed by atoms with E-state index in [1.165, 1.54) is 6.92 Å². The second-order valence-corrected chi connectivity index (χ2v) is 10.4. The van der Waals surface area contributed by atoms with Gasteiger partial charge in [-0.05, 0) is 43.4 Å². The normalized spacial score (nSPS) is 62.2. The molecular weight excluding hydrogens is 352 g/mol. The molecule has 27 heavy (non-hydrogen) atoms. The molecule has 7 aliphatic rings. The van der Waals surface area contributed by atoms with E-state index in [0.29, 0.717) is 25.7 Å². The number of Topliss-reactive ketones (excluding diaryl/α,β-unsaturated/α-hetero) is 1. The SMILES string of the molecule is CC1(C)[C@@H]2C[C@@H]3OC(=O)[C@@]45C[C@H](CC[C@H]4[C@]34C(O[C@@H](O)[C@H]14)O2)[C@](C)(O)C5=O. The molecule has 7 heteroatoms. The molecular formula is C20H26O7. The minimum Gasteiger partial charge on any atom is -0.461 e. The maximum Gasteiger partial charge on any atom is 0.320 e. The van der Waals surface area contributed by atoms with Crippen molar-refractivity contribution in [1.82, 2.24) is 0 Å². The highest BCUT2D eigenvalue weighted by Crippen LogP contribution is 2.75. The molecule has 3 aliphatic carbocycles. The van der Waals surface area contributed by atoms with Gasteiger partial charge in [0, 0.05) is 12.3 Å². The molecule has 0 aromatic carbocycles. The minimum atomic E-state index is -1.52. The largest absolute Gasteiger partial charge is 0.461 e. The molecule has 148 valence electrons. The first-order chi connectivity index (χ1) is 12.6. The lowest BCUT2D eigenvalue weighted by Crippen LogP contribution is -2.76. The Balaban J connectivity index is 1.60. The second-order valence-electron chi connectivity index (χ2n) is 10.4. The van der Waals surface area contributed by atoms with Crippen molar-refractivity contribution < 1.29 is 34.0 Å². The number of esters is 1. The van der Waals surface area contributed by atoms with Crippen LogP contribution in [0.4, 0.5) is 0 Å². The molecule has 2 N–H and O–H groups in total. The zero-order valence-corrected chi connectivity index (χ0v) is 15.8. The maximum absolute atomic E-state index is 13.4. The van der Waals surface area contributed by atoms with Crippen LogP contribution in [0.1, 0.15) is 46.5 Å². The summed E-state index contributed by atoms with van der Waals surface area (Å²) < 4.78 is 18.1. The van der Waals surface area contributed by atoms with Crippen molar-refractivity contribution >= 4 is 11.8 Å². The lowest BCUT2D eigenvalue weighted by Gasteiger charge is -2.67. The van der Waals surface area contributed by atoms with Gasteiger partial charge in [0.1, 0.15) is 17.1 Å². The van der Waals surface area contributed by atoms with E-state index in [9.17, 15) is 19.8 Å². The molecule has 4 heterocycles. The summed E-state index contributed by atoms with van der Waals surface area (Å²) in [7, 11) is 0. The van der Waals surface area contributed by atoms with Gasteiger partial charge in [-0.1, -0.05) is 13.8 Å². The van der Waals surface area contributed by atoms with Gasteiger partial charge >= 0.3 is 5.97 Å². The molecule has 7 rings (SSSR count). The van der Waals surface area contributed by atoms with Crippen molar-refractivity contribution in [2.75, 3.05) is 0 Å². The minimum absolute atomic E-state index is 0.169. The third-order valence-electron chi connectivity index (χ3n) is 9.24. The number of aliphatic hydroxyl groups is 2. The fourth-order valence-corrected chi connectivity index (χ4v) is 8.11. The highest BCUT2D eigenvalue weighted by Gasteiger charge is 2.85. The average molecular weight is 378 g/mol. The highest BCUT2D eigenvalue weighted by atomic mass is 16.7. The molecule has 7 nitrogen and oxygen atoms in total. The van der Waals surface area contributed by atoms with Crippen LogP contribution in [0.15, 0.2) is 0 Å². The number of carbonyl (C=O) groups is 2. The molecule has 0 aromatic rings. The molecule has 3 saturated carbocycles. The number of hydrogen-bond donors (Lipinski definition) is 2. The van der Waals surface area contributed by atoms with E-state index in [-0.39, 0.29) is 29.3 Å². The number of hydrogen-bond acceptors (Lipinski definition) is 7. The first-order valence-corrected chi connectivity index (χ1v) is 10.1. The van der Waals surface area contributed by atoms with E-state index in [4.69, 9.17) is 14.2 Å². The summed E-state index contributed by atoms with van der Waals surface area (Å²) in [6.07, 6.45) is -0.108. The number of ether oxygens (including phenoxy) is 3. The van der Waals surface area contributed by atoms with Gasteiger partial charge in [0.15, 0.2) is 18.4 Å². The van der Waals surface area contributed by atoms with Crippen LogP contribution in [0, 0.1) is 34.0 Å². The van der Waals surface area contributed by atoms with Gasteiger partial charge in [0.25, 0.3) is 0 Å². The first-order valence-electron chi connectivity index (χ1n) is 10.1. The third-order valence-corrected chi connectivity index (χ3v) is 9.24. The van der Waals surface area contributed by atoms with Crippen molar-refractivity contribution in [3.63, 3.8) is 0 Å². The van der Waals surface area contributed by atoms with Crippen LogP contribution in [0.25, 0.3) is 0 Å². The molecule has 4 saturated heterocycles. The van der Waals surface area contributed by atoms with Crippen LogP contribution in [0.3, 0.4) is 0 Å². The predicted octanol–water partition coefficient (Wildman–Crippen LogP) is 0.754. The molecule has 0 radical (unpaired) electrons. The average Bonchev–Trinajstić information content (AvgIpc) is 2.94. The summed E-state index contributed by atoms with van der Waals surface area (Å²) in [5.41, 5.74) is -3.98. The smallest absolute Gasteiger partial charge is 0.320 e. The molecule has 0 amide bonds. The van der Waals surface area contributed by atoms with E-state index in [2.05, 4.69) is 13.8 Å². The molecule has 10 atom stereocenters. The molecule has 6 bridgehead atoms. The molecule has 4 aliphatic heterocycles. The summed E-state index contributed by atoms with van der Waals surface area (Å²) in [5.74, 6) is -1.77. The Labute approximate surface area is 157 Å². The topological polar surface area (TPSA) is 102 Å². The predicted molar refractivity (Wildman–Crippen MR) is 88.8 cm³/mol. The zero-order chi connectivity index (χ0) is 19.1. The highest BCUT2D eigenvalue weighted by molar-refractivity contribution is 6.10. The van der Waals surface area contributed by atoms with Gasteiger partial charge in [-0.15, -0.1) is 0 Å². The maximum atomic E-state index is 13.4. The van der Waals surface area contributed by atoms with Crippen LogP contribution in [0.2, 0.25) is 0 Å². The van der Waals surface area contributed by atoms with E-state index in [1.807, 2.05) is 0 Å². The quantitative estimate of drug-likeness (QED) is 0.474. The van der Waals surface area contributed by atoms with Gasteiger partial charge in [0.05, 0.1) is 11.5 Å². The lowest BCUT2D eigenvalue weighted by atomic mass is 9.42. The van der Waals surface area contributed by atoms with Crippen molar-refractivity contribution in [2.24, 2.45) is 34.0 Å². The fraction of sp³-hybridized carbons (Fsp3) is 0.900. The molecule has 1 unspecified atom stereocenters. The first kappa shape index (κ1) is 16.9. The Hall–Kier alpha value is -1.02. The van der Waals surface area contributed by atoms with E-state index >= 15 is 0 Å². The summed E-state index contributed by atoms with van der Waals surface area (Å²) in [5, 5.41) is 21.7. The summed E-state index contributed by atoms with van der Waals surface area (Å²) in [6.45, 7) is 5.66.